The van der Waals surface area contributed by atoms with Crippen molar-refractivity contribution in [2.24, 2.45) is 0 Å². The van der Waals surface area contributed by atoms with Crippen LogP contribution in [0.5, 0.6) is 5.75 Å². The van der Waals surface area contributed by atoms with E-state index >= 15 is 0 Å². The van der Waals surface area contributed by atoms with Gasteiger partial charge in [-0.15, -0.1) is 0 Å². The second kappa shape index (κ2) is 6.58. The minimum absolute atomic E-state index is 0.0692. The lowest BCUT2D eigenvalue weighted by Crippen LogP contribution is -2.09. The number of rotatable bonds is 5. The van der Waals surface area contributed by atoms with Crippen LogP contribution in [0.1, 0.15) is 29.5 Å². The second-order valence-corrected chi connectivity index (χ2v) is 5.32. The fraction of sp³-hybridized carbons (Fsp3) is 0.158. The molecule has 0 radical (unpaired) electrons. The molecule has 24 heavy (non-hydrogen) atoms. The van der Waals surface area contributed by atoms with E-state index in [9.17, 15) is 9.59 Å². The number of amides is 1. The molecule has 0 atom stereocenters. The monoisotopic (exact) mass is 323 g/mol. The van der Waals surface area contributed by atoms with Crippen molar-refractivity contribution < 1.29 is 18.7 Å². The van der Waals surface area contributed by atoms with Gasteiger partial charge < -0.3 is 14.5 Å². The highest BCUT2D eigenvalue weighted by molar-refractivity contribution is 6.09. The summed E-state index contributed by atoms with van der Waals surface area (Å²) in [5.74, 6) is 0.661. The van der Waals surface area contributed by atoms with Crippen molar-refractivity contribution in [1.82, 2.24) is 0 Å². The Hall–Kier alpha value is -3.08. The topological polar surface area (TPSA) is 68.5 Å². The Kier molecular flexibility index (Phi) is 4.33. The third kappa shape index (κ3) is 3.15. The molecule has 0 saturated heterocycles. The molecule has 3 aromatic rings. The van der Waals surface area contributed by atoms with Gasteiger partial charge in [0.2, 0.25) is 11.7 Å². The molecule has 0 unspecified atom stereocenters. The summed E-state index contributed by atoms with van der Waals surface area (Å²) in [6.07, 6.45) is 0.406. The van der Waals surface area contributed by atoms with E-state index in [2.05, 4.69) is 5.32 Å². The van der Waals surface area contributed by atoms with E-state index < -0.39 is 0 Å². The van der Waals surface area contributed by atoms with Crippen LogP contribution in [-0.2, 0) is 4.79 Å². The van der Waals surface area contributed by atoms with E-state index in [4.69, 9.17) is 9.15 Å². The molecule has 1 amide bonds. The Labute approximate surface area is 139 Å². The number of hydrogen-bond acceptors (Lipinski definition) is 4. The van der Waals surface area contributed by atoms with Gasteiger partial charge in [-0.25, -0.2) is 0 Å². The Morgan fingerprint density at radius 3 is 2.50 bits per heavy atom. The highest BCUT2D eigenvalue weighted by atomic mass is 16.5. The first-order valence-electron chi connectivity index (χ1n) is 7.63. The first kappa shape index (κ1) is 15.8. The molecule has 0 bridgehead atoms. The lowest BCUT2D eigenvalue weighted by molar-refractivity contribution is -0.115. The molecule has 1 aromatic heterocycles. The molecule has 3 rings (SSSR count). The van der Waals surface area contributed by atoms with Crippen LogP contribution in [0, 0.1) is 0 Å². The number of ketones is 1. The fourth-order valence-electron chi connectivity index (χ4n) is 2.35. The quantitative estimate of drug-likeness (QED) is 0.720. The van der Waals surface area contributed by atoms with Gasteiger partial charge in [-0.3, -0.25) is 9.59 Å². The normalized spacial score (nSPS) is 10.6. The maximum absolute atomic E-state index is 12.5. The van der Waals surface area contributed by atoms with Crippen molar-refractivity contribution in [2.75, 3.05) is 12.4 Å². The number of carbonyl (C=O) groups is 2. The van der Waals surface area contributed by atoms with Crippen molar-refractivity contribution in [1.29, 1.82) is 0 Å². The lowest BCUT2D eigenvalue weighted by Gasteiger charge is -2.04. The van der Waals surface area contributed by atoms with Gasteiger partial charge in [0.1, 0.15) is 11.3 Å². The average molecular weight is 323 g/mol. The zero-order chi connectivity index (χ0) is 17.1. The summed E-state index contributed by atoms with van der Waals surface area (Å²) < 4.78 is 10.8. The highest BCUT2D eigenvalue weighted by Gasteiger charge is 2.15. The standard InChI is InChI=1S/C19H17NO4/c1-3-18(21)20-14-7-4-12(5-8-14)19(22)17-10-13-6-9-15(23-2)11-16(13)24-17/h4-11H,3H2,1-2H3,(H,20,21). The van der Waals surface area contributed by atoms with Crippen LogP contribution in [-0.4, -0.2) is 18.8 Å². The molecule has 0 aliphatic rings. The van der Waals surface area contributed by atoms with E-state index in [1.54, 1.807) is 50.4 Å². The van der Waals surface area contributed by atoms with Gasteiger partial charge >= 0.3 is 0 Å². The first-order chi connectivity index (χ1) is 11.6. The summed E-state index contributed by atoms with van der Waals surface area (Å²) in [6, 6.07) is 13.9. The van der Waals surface area contributed by atoms with E-state index in [0.717, 1.165) is 5.39 Å². The van der Waals surface area contributed by atoms with Gasteiger partial charge in [0.15, 0.2) is 5.76 Å². The SMILES string of the molecule is CCC(=O)Nc1ccc(C(=O)c2cc3ccc(OC)cc3o2)cc1. The molecule has 0 aliphatic heterocycles. The summed E-state index contributed by atoms with van der Waals surface area (Å²) >= 11 is 0. The Bertz CT molecular complexity index is 893. The van der Waals surface area contributed by atoms with Gasteiger partial charge in [-0.05, 0) is 42.5 Å². The summed E-state index contributed by atoms with van der Waals surface area (Å²) in [7, 11) is 1.58. The molecular weight excluding hydrogens is 306 g/mol. The van der Waals surface area contributed by atoms with Gasteiger partial charge in [0, 0.05) is 29.1 Å². The van der Waals surface area contributed by atoms with Gasteiger partial charge in [-0.2, -0.15) is 0 Å². The van der Waals surface area contributed by atoms with Gasteiger partial charge in [-0.1, -0.05) is 6.92 Å². The predicted octanol–water partition coefficient (Wildman–Crippen LogP) is 4.02. The van der Waals surface area contributed by atoms with Crippen LogP contribution in [0.3, 0.4) is 0 Å². The number of benzene rings is 2. The van der Waals surface area contributed by atoms with Gasteiger partial charge in [0.25, 0.3) is 0 Å². The molecule has 2 aromatic carbocycles. The molecule has 5 nitrogen and oxygen atoms in total. The molecule has 0 saturated carbocycles. The van der Waals surface area contributed by atoms with E-state index in [-0.39, 0.29) is 17.5 Å². The summed E-state index contributed by atoms with van der Waals surface area (Å²) in [5.41, 5.74) is 1.76. The third-order valence-electron chi connectivity index (χ3n) is 3.70. The third-order valence-corrected chi connectivity index (χ3v) is 3.70. The Morgan fingerprint density at radius 2 is 1.83 bits per heavy atom. The van der Waals surface area contributed by atoms with Gasteiger partial charge in [0.05, 0.1) is 7.11 Å². The van der Waals surface area contributed by atoms with Crippen molar-refractivity contribution in [3.63, 3.8) is 0 Å². The Morgan fingerprint density at radius 1 is 1.08 bits per heavy atom. The lowest BCUT2D eigenvalue weighted by atomic mass is 10.1. The summed E-state index contributed by atoms with van der Waals surface area (Å²) in [4.78, 5) is 23.9. The molecule has 5 heteroatoms. The summed E-state index contributed by atoms with van der Waals surface area (Å²) in [5, 5.41) is 3.58. The van der Waals surface area contributed by atoms with Crippen LogP contribution in [0.4, 0.5) is 5.69 Å². The zero-order valence-electron chi connectivity index (χ0n) is 13.5. The minimum atomic E-state index is -0.210. The predicted molar refractivity (Wildman–Crippen MR) is 91.6 cm³/mol. The number of methoxy groups -OCH3 is 1. The van der Waals surface area contributed by atoms with Crippen LogP contribution < -0.4 is 10.1 Å². The number of nitrogens with one attached hydrogen (secondary N) is 1. The molecule has 0 aliphatic carbocycles. The molecule has 0 fully saturated rings. The number of furan rings is 1. The zero-order valence-corrected chi connectivity index (χ0v) is 13.5. The molecule has 122 valence electrons. The van der Waals surface area contributed by atoms with E-state index in [1.165, 1.54) is 0 Å². The van der Waals surface area contributed by atoms with Crippen LogP contribution in [0.25, 0.3) is 11.0 Å². The molecule has 0 spiro atoms. The average Bonchev–Trinajstić information content (AvgIpc) is 3.04. The minimum Gasteiger partial charge on any atom is -0.497 e. The first-order valence-corrected chi connectivity index (χ1v) is 7.63. The number of anilines is 1. The number of hydrogen-bond donors (Lipinski definition) is 1. The Balaban J connectivity index is 1.84. The van der Waals surface area contributed by atoms with E-state index in [1.807, 2.05) is 12.1 Å². The molecule has 1 N–H and O–H groups in total. The van der Waals surface area contributed by atoms with Crippen LogP contribution >= 0.6 is 0 Å². The molecular formula is C19H17NO4. The smallest absolute Gasteiger partial charge is 0.228 e. The number of fused-ring (bicyclic) bond motifs is 1. The van der Waals surface area contributed by atoms with Crippen molar-refractivity contribution in [3.8, 4) is 5.75 Å². The van der Waals surface area contributed by atoms with Crippen LogP contribution in [0.15, 0.2) is 52.9 Å². The summed E-state index contributed by atoms with van der Waals surface area (Å²) in [6.45, 7) is 1.78. The largest absolute Gasteiger partial charge is 0.497 e. The van der Waals surface area contributed by atoms with Crippen LogP contribution in [0.2, 0.25) is 0 Å². The second-order valence-electron chi connectivity index (χ2n) is 5.32. The fourth-order valence-corrected chi connectivity index (χ4v) is 2.35. The van der Waals surface area contributed by atoms with E-state index in [0.29, 0.717) is 29.0 Å². The molecule has 1 heterocycles. The van der Waals surface area contributed by atoms with Crippen molar-refractivity contribution >= 4 is 28.3 Å². The van der Waals surface area contributed by atoms with Crippen molar-refractivity contribution in [3.05, 3.63) is 59.9 Å². The van der Waals surface area contributed by atoms with Crippen molar-refractivity contribution in [2.45, 2.75) is 13.3 Å². The maximum atomic E-state index is 12.5. The maximum Gasteiger partial charge on any atom is 0.228 e. The highest BCUT2D eigenvalue weighted by Crippen LogP contribution is 2.25. The number of ether oxygens (including phenoxy) is 1. The number of carbonyl (C=O) groups excluding carboxylic acids is 2.